The van der Waals surface area contributed by atoms with Crippen molar-refractivity contribution in [1.82, 2.24) is 10.6 Å². The molecular weight excluding hydrogens is 762 g/mol. The van der Waals surface area contributed by atoms with E-state index in [2.05, 4.69) is 15.6 Å². The smallest absolute Gasteiger partial charge is 0.343 e. The maximum Gasteiger partial charge on any atom is 0.343 e. The summed E-state index contributed by atoms with van der Waals surface area (Å²) in [7, 11) is 0. The molecular formula is C35H24Cl4N4O9. The number of aromatic hydroxyl groups is 1. The molecule has 1 aliphatic heterocycles. The van der Waals surface area contributed by atoms with Gasteiger partial charge in [0, 0.05) is 16.7 Å². The van der Waals surface area contributed by atoms with Crippen LogP contribution >= 0.6 is 46.4 Å². The van der Waals surface area contributed by atoms with E-state index in [1.807, 2.05) is 0 Å². The molecule has 0 fully saturated rings. The lowest BCUT2D eigenvalue weighted by molar-refractivity contribution is -0.138. The van der Waals surface area contributed by atoms with Gasteiger partial charge < -0.3 is 30.4 Å². The molecule has 2 atom stereocenters. The van der Waals surface area contributed by atoms with Crippen molar-refractivity contribution in [2.24, 2.45) is 4.99 Å². The summed E-state index contributed by atoms with van der Waals surface area (Å²) >= 11 is 24.6. The van der Waals surface area contributed by atoms with Crippen LogP contribution < -0.4 is 20.3 Å². The topological polar surface area (TPSA) is 192 Å². The number of carboxylic acids is 1. The minimum absolute atomic E-state index is 0.136. The zero-order valence-electron chi connectivity index (χ0n) is 26.3. The van der Waals surface area contributed by atoms with E-state index in [-0.39, 0.29) is 48.9 Å². The lowest BCUT2D eigenvalue weighted by atomic mass is 10.0. The number of benzene rings is 4. The van der Waals surface area contributed by atoms with Crippen molar-refractivity contribution in [1.29, 1.82) is 0 Å². The Bertz CT molecular complexity index is 2100. The summed E-state index contributed by atoms with van der Waals surface area (Å²) in [6.45, 7) is -0.668. The molecule has 13 nitrogen and oxygen atoms in total. The highest BCUT2D eigenvalue weighted by molar-refractivity contribution is 6.39. The number of anilines is 1. The predicted molar refractivity (Wildman–Crippen MR) is 192 cm³/mol. The number of carboxylic acid groups (broad SMARTS) is 1. The first kappa shape index (κ1) is 37.8. The normalized spacial score (nSPS) is 14.3. The second-order valence-corrected chi connectivity index (χ2v) is 12.6. The third kappa shape index (κ3) is 8.52. The summed E-state index contributed by atoms with van der Waals surface area (Å²) in [6, 6.07) is 18.4. The first-order valence-electron chi connectivity index (χ1n) is 15.0. The first-order valence-corrected chi connectivity index (χ1v) is 16.5. The van der Waals surface area contributed by atoms with Gasteiger partial charge in [0.05, 0.1) is 49.5 Å². The van der Waals surface area contributed by atoms with Crippen molar-refractivity contribution < 1.29 is 43.7 Å². The van der Waals surface area contributed by atoms with Crippen molar-refractivity contribution in [3.63, 3.8) is 0 Å². The van der Waals surface area contributed by atoms with E-state index >= 15 is 0 Å². The number of carbonyl (C=O) groups is 6. The number of ether oxygens (including phenoxy) is 1. The Morgan fingerprint density at radius 1 is 0.885 bits per heavy atom. The summed E-state index contributed by atoms with van der Waals surface area (Å²) in [5.74, 6) is -5.64. The standard InChI is InChI=1S/C35H24Cl4N4O9/c36-22-12-19(13-23(37)30(22)48)35(51)52-31-24(38)10-18(11-25(31)39)33(49)42-32-34(50)43(15-27(45)40-20(16-44)14-28(46)47)26-9-5-4-8-21(26)29(41-32)17-6-2-1-3-7-17/h1-13,16,20,32,48H,14-15H2,(H,40,45)(H,42,49)(H,46,47)/t20-,32?/m0/s1. The van der Waals surface area contributed by atoms with Crippen molar-refractivity contribution in [2.45, 2.75) is 18.6 Å². The van der Waals surface area contributed by atoms with Gasteiger partial charge in [-0.25, -0.2) is 9.79 Å². The molecule has 1 aliphatic rings. The van der Waals surface area contributed by atoms with Crippen LogP contribution in [0.5, 0.6) is 11.5 Å². The Kier molecular flexibility index (Phi) is 11.8. The van der Waals surface area contributed by atoms with E-state index in [0.717, 1.165) is 29.2 Å². The van der Waals surface area contributed by atoms with Gasteiger partial charge >= 0.3 is 11.9 Å². The number of para-hydroxylation sites is 1. The van der Waals surface area contributed by atoms with Crippen molar-refractivity contribution in [3.8, 4) is 11.5 Å². The molecule has 1 heterocycles. The number of fused-ring (bicyclic) bond motifs is 1. The Morgan fingerprint density at radius 2 is 1.48 bits per heavy atom. The van der Waals surface area contributed by atoms with Crippen LogP contribution in [-0.2, 0) is 19.2 Å². The van der Waals surface area contributed by atoms with E-state index in [0.29, 0.717) is 16.8 Å². The number of phenolic OH excluding ortho intramolecular Hbond substituents is 1. The first-order chi connectivity index (χ1) is 24.8. The van der Waals surface area contributed by atoms with Crippen LogP contribution in [0.4, 0.5) is 5.69 Å². The molecule has 3 amide bonds. The largest absolute Gasteiger partial charge is 0.505 e. The lowest BCUT2D eigenvalue weighted by Gasteiger charge is -2.25. The Balaban J connectivity index is 1.46. The monoisotopic (exact) mass is 784 g/mol. The fourth-order valence-corrected chi connectivity index (χ4v) is 6.11. The second-order valence-electron chi connectivity index (χ2n) is 11.0. The maximum atomic E-state index is 14.1. The van der Waals surface area contributed by atoms with Gasteiger partial charge in [0.15, 0.2) is 11.5 Å². The van der Waals surface area contributed by atoms with Crippen LogP contribution in [0.2, 0.25) is 20.1 Å². The number of aldehydes is 1. The number of aliphatic imine (C=N–C) groups is 1. The Hall–Kier alpha value is -5.47. The number of carbonyl (C=O) groups excluding carboxylic acids is 5. The predicted octanol–water partition coefficient (Wildman–Crippen LogP) is 5.32. The molecule has 0 spiro atoms. The highest BCUT2D eigenvalue weighted by Crippen LogP contribution is 2.37. The van der Waals surface area contributed by atoms with Crippen LogP contribution in [0.3, 0.4) is 0 Å². The van der Waals surface area contributed by atoms with Crippen LogP contribution in [0.15, 0.2) is 83.9 Å². The number of nitrogens with one attached hydrogen (secondary N) is 2. The number of esters is 1. The van der Waals surface area contributed by atoms with Gasteiger partial charge in [-0.1, -0.05) is 94.9 Å². The van der Waals surface area contributed by atoms with Gasteiger partial charge in [-0.15, -0.1) is 0 Å². The minimum atomic E-state index is -1.64. The Labute approximate surface area is 314 Å². The van der Waals surface area contributed by atoms with Crippen LogP contribution in [0.25, 0.3) is 0 Å². The number of aliphatic carboxylic acids is 1. The number of nitrogens with zero attached hydrogens (tertiary/aromatic N) is 2. The fourth-order valence-electron chi connectivity index (χ4n) is 5.06. The molecule has 0 aromatic heterocycles. The summed E-state index contributed by atoms with van der Waals surface area (Å²) < 4.78 is 5.33. The molecule has 17 heteroatoms. The van der Waals surface area contributed by atoms with Crippen molar-refractivity contribution in [3.05, 3.63) is 121 Å². The third-order valence-electron chi connectivity index (χ3n) is 7.44. The molecule has 1 unspecified atom stereocenters. The average molecular weight is 786 g/mol. The molecule has 52 heavy (non-hydrogen) atoms. The lowest BCUT2D eigenvalue weighted by Crippen LogP contribution is -2.51. The molecule has 266 valence electrons. The van der Waals surface area contributed by atoms with E-state index in [4.69, 9.17) is 56.2 Å². The molecule has 5 rings (SSSR count). The molecule has 4 aromatic rings. The van der Waals surface area contributed by atoms with E-state index in [1.54, 1.807) is 54.6 Å². The second kappa shape index (κ2) is 16.3. The summed E-state index contributed by atoms with van der Waals surface area (Å²) in [5.41, 5.74) is 1.24. The number of hydrogen-bond acceptors (Lipinski definition) is 9. The summed E-state index contributed by atoms with van der Waals surface area (Å²) in [6.07, 6.45) is -2.05. The molecule has 4 N–H and O–H groups in total. The van der Waals surface area contributed by atoms with Gasteiger partial charge in [-0.3, -0.25) is 24.1 Å². The van der Waals surface area contributed by atoms with Gasteiger partial charge in [0.2, 0.25) is 12.1 Å². The van der Waals surface area contributed by atoms with Crippen LogP contribution in [0, 0.1) is 0 Å². The van der Waals surface area contributed by atoms with Gasteiger partial charge in [-0.05, 0) is 30.3 Å². The number of halogens is 4. The fraction of sp³-hybridized carbons (Fsp3) is 0.114. The molecule has 0 saturated carbocycles. The molecule has 0 radical (unpaired) electrons. The quantitative estimate of drug-likeness (QED) is 0.0885. The molecule has 4 aromatic carbocycles. The minimum Gasteiger partial charge on any atom is -0.505 e. The zero-order valence-corrected chi connectivity index (χ0v) is 29.3. The van der Waals surface area contributed by atoms with Gasteiger partial charge in [0.25, 0.3) is 11.8 Å². The molecule has 0 aliphatic carbocycles. The highest BCUT2D eigenvalue weighted by atomic mass is 35.5. The van der Waals surface area contributed by atoms with Crippen molar-refractivity contribution in [2.75, 3.05) is 11.4 Å². The van der Waals surface area contributed by atoms with E-state index in [9.17, 15) is 33.9 Å². The number of phenols is 1. The van der Waals surface area contributed by atoms with E-state index < -0.39 is 60.6 Å². The van der Waals surface area contributed by atoms with Crippen LogP contribution in [-0.4, -0.2) is 70.6 Å². The average Bonchev–Trinajstić information content (AvgIpc) is 3.22. The third-order valence-corrected chi connectivity index (χ3v) is 8.58. The summed E-state index contributed by atoms with van der Waals surface area (Å²) in [5, 5.41) is 22.8. The number of hydrogen-bond donors (Lipinski definition) is 4. The molecule has 0 saturated heterocycles. The maximum absolute atomic E-state index is 14.1. The number of benzodiazepines with no additional fused rings is 1. The van der Waals surface area contributed by atoms with E-state index in [1.165, 1.54) is 0 Å². The van der Waals surface area contributed by atoms with Gasteiger partial charge in [0.1, 0.15) is 12.8 Å². The molecule has 0 bridgehead atoms. The Morgan fingerprint density at radius 3 is 2.10 bits per heavy atom. The summed E-state index contributed by atoms with van der Waals surface area (Å²) in [4.78, 5) is 82.0. The number of amides is 3. The van der Waals surface area contributed by atoms with Gasteiger partial charge in [-0.2, -0.15) is 0 Å². The van der Waals surface area contributed by atoms with Crippen molar-refractivity contribution >= 4 is 93.7 Å². The SMILES string of the molecule is O=C[C@H](CC(=O)O)NC(=O)CN1C(=O)C(NC(=O)c2cc(Cl)c(OC(=O)c3cc(Cl)c(O)c(Cl)c3)c(Cl)c2)N=C(c2ccccc2)c2ccccc21. The highest BCUT2D eigenvalue weighted by Gasteiger charge is 2.35. The zero-order chi connectivity index (χ0) is 37.7. The van der Waals surface area contributed by atoms with Crippen LogP contribution in [0.1, 0.15) is 38.3 Å². The number of rotatable bonds is 11.